The van der Waals surface area contributed by atoms with Crippen LogP contribution in [0.5, 0.6) is 0 Å². The third-order valence-corrected chi connectivity index (χ3v) is 13.4. The van der Waals surface area contributed by atoms with Gasteiger partial charge in [-0.2, -0.15) is 0 Å². The molecule has 4 aromatic rings. The van der Waals surface area contributed by atoms with Gasteiger partial charge in [0.1, 0.15) is 5.52 Å². The summed E-state index contributed by atoms with van der Waals surface area (Å²) in [7, 11) is 1.64. The number of carbonyl (C=O) groups excluding carboxylic acids is 3. The van der Waals surface area contributed by atoms with Gasteiger partial charge in [-0.05, 0) is 98.1 Å². The summed E-state index contributed by atoms with van der Waals surface area (Å²) in [6, 6.07) is 15.3. The number of carbonyl (C=O) groups is 3. The molecule has 0 bridgehead atoms. The number of nitrogens with one attached hydrogen (secondary N) is 2. The number of benzene rings is 2. The fourth-order valence-corrected chi connectivity index (χ4v) is 10.8. The second-order valence-corrected chi connectivity index (χ2v) is 19.0. The summed E-state index contributed by atoms with van der Waals surface area (Å²) in [5.41, 5.74) is 7.71. The highest BCUT2D eigenvalue weighted by Crippen LogP contribution is 2.53. The van der Waals surface area contributed by atoms with Crippen molar-refractivity contribution in [3.63, 3.8) is 0 Å². The van der Waals surface area contributed by atoms with Gasteiger partial charge < -0.3 is 25.0 Å². The Labute approximate surface area is 330 Å². The fourth-order valence-electron chi connectivity index (χ4n) is 10.8. The Balaban J connectivity index is 1.09. The summed E-state index contributed by atoms with van der Waals surface area (Å²) in [6.45, 7) is 16.5. The van der Waals surface area contributed by atoms with E-state index in [0.29, 0.717) is 49.4 Å². The van der Waals surface area contributed by atoms with Crippen molar-refractivity contribution in [2.45, 2.75) is 110 Å². The van der Waals surface area contributed by atoms with Crippen LogP contribution in [0.1, 0.15) is 107 Å². The number of fused-ring (bicyclic) bond motifs is 3. The smallest absolute Gasteiger partial charge is 0.251 e. The maximum absolute atomic E-state index is 15.0. The third kappa shape index (κ3) is 6.26. The van der Waals surface area contributed by atoms with Crippen molar-refractivity contribution in [3.05, 3.63) is 65.5 Å². The summed E-state index contributed by atoms with van der Waals surface area (Å²) in [5.74, 6) is 0.807. The van der Waals surface area contributed by atoms with Crippen LogP contribution in [-0.4, -0.2) is 87.4 Å². The maximum atomic E-state index is 15.0. The molecule has 0 unspecified atom stereocenters. The lowest BCUT2D eigenvalue weighted by molar-refractivity contribution is -0.134. The van der Waals surface area contributed by atoms with E-state index in [1.54, 1.807) is 14.0 Å². The normalized spacial score (nSPS) is 23.9. The fraction of sp³-hybridized carbons (Fsp3) is 0.533. The molecule has 1 spiro atoms. The number of aryl methyl sites for hydroxylation is 1. The van der Waals surface area contributed by atoms with E-state index in [2.05, 4.69) is 77.0 Å². The van der Waals surface area contributed by atoms with E-state index in [0.717, 1.165) is 83.6 Å². The number of likely N-dealkylation sites (tertiary alicyclic amines) is 2. The van der Waals surface area contributed by atoms with Crippen LogP contribution in [0.25, 0.3) is 22.3 Å². The van der Waals surface area contributed by atoms with E-state index >= 15 is 0 Å². The Morgan fingerprint density at radius 2 is 1.61 bits per heavy atom. The molecule has 3 amide bonds. The molecule has 3 aliphatic heterocycles. The minimum atomic E-state index is -0.638. The number of nitrogens with zero attached hydrogens (tertiary/aromatic N) is 6. The summed E-state index contributed by atoms with van der Waals surface area (Å²) >= 11 is 0. The van der Waals surface area contributed by atoms with Crippen molar-refractivity contribution in [1.29, 1.82) is 0 Å². The van der Waals surface area contributed by atoms with Crippen LogP contribution in [0, 0.1) is 17.8 Å². The second kappa shape index (κ2) is 13.1. The summed E-state index contributed by atoms with van der Waals surface area (Å²) < 4.78 is 2.22. The molecule has 2 aliphatic carbocycles. The molecule has 5 aliphatic rings. The third-order valence-electron chi connectivity index (χ3n) is 13.4. The van der Waals surface area contributed by atoms with Crippen molar-refractivity contribution >= 4 is 45.9 Å². The maximum Gasteiger partial charge on any atom is 0.251 e. The molecule has 0 atom stereocenters. The lowest BCUT2D eigenvalue weighted by Gasteiger charge is -2.54. The molecule has 2 saturated carbocycles. The highest BCUT2D eigenvalue weighted by atomic mass is 16.2. The first-order valence-corrected chi connectivity index (χ1v) is 20.6. The molecule has 4 fully saturated rings. The van der Waals surface area contributed by atoms with Crippen LogP contribution in [-0.2, 0) is 15.0 Å². The van der Waals surface area contributed by atoms with Crippen molar-refractivity contribution in [2.75, 3.05) is 43.4 Å². The number of piperidine rings is 2. The van der Waals surface area contributed by atoms with Gasteiger partial charge in [0.05, 0.1) is 23.0 Å². The Morgan fingerprint density at radius 3 is 2.27 bits per heavy atom. The Hall–Kier alpha value is -4.77. The van der Waals surface area contributed by atoms with E-state index in [1.165, 1.54) is 6.42 Å². The molecule has 2 saturated heterocycles. The largest absolute Gasteiger partial charge is 0.355 e. The summed E-state index contributed by atoms with van der Waals surface area (Å²) in [4.78, 5) is 56.9. The molecule has 294 valence electrons. The first kappa shape index (κ1) is 36.8. The van der Waals surface area contributed by atoms with E-state index in [-0.39, 0.29) is 34.6 Å². The standard InChI is InChI=1S/C45H56N8O3/c1-27-8-10-30(19-34(27)41(55)46-7)48-40-39-37(47-26-52(39)31-11-12-31)22-36(49-40)29-9-13-35-38(18-29)53(42(56)45(35)14-16-50(17-15-45)28(2)54)33-20-32(21-33)51-24-43(3,4)23-44(5,6)25-51/h8-10,13,18-19,22,26,31-33H,11-12,14-17,20-21,23-25H2,1-7H3,(H,46,55)(H,48,49)/t32-,33+. The number of rotatable bonds is 7. The Morgan fingerprint density at radius 1 is 0.893 bits per heavy atom. The van der Waals surface area contributed by atoms with Crippen LogP contribution in [0.15, 0.2) is 48.8 Å². The van der Waals surface area contributed by atoms with Gasteiger partial charge in [0.2, 0.25) is 11.8 Å². The Kier molecular flexibility index (Phi) is 8.65. The highest BCUT2D eigenvalue weighted by molar-refractivity contribution is 6.09. The van der Waals surface area contributed by atoms with Crippen LogP contribution in [0.4, 0.5) is 17.2 Å². The average molecular weight is 757 g/mol. The first-order chi connectivity index (χ1) is 26.6. The van der Waals surface area contributed by atoms with E-state index in [1.807, 2.05) is 36.4 Å². The van der Waals surface area contributed by atoms with Gasteiger partial charge in [0.25, 0.3) is 5.91 Å². The van der Waals surface area contributed by atoms with Gasteiger partial charge in [-0.1, -0.05) is 45.9 Å². The van der Waals surface area contributed by atoms with Crippen LogP contribution in [0.2, 0.25) is 0 Å². The van der Waals surface area contributed by atoms with Crippen molar-refractivity contribution in [3.8, 4) is 11.3 Å². The number of amides is 3. The molecule has 11 heteroatoms. The molecule has 2 N–H and O–H groups in total. The van der Waals surface area contributed by atoms with Gasteiger partial charge >= 0.3 is 0 Å². The zero-order valence-corrected chi connectivity index (χ0v) is 34.0. The number of hydrogen-bond acceptors (Lipinski definition) is 7. The van der Waals surface area contributed by atoms with E-state index < -0.39 is 5.41 Å². The van der Waals surface area contributed by atoms with Crippen molar-refractivity contribution in [2.24, 2.45) is 10.8 Å². The zero-order valence-electron chi connectivity index (χ0n) is 34.0. The molecule has 56 heavy (non-hydrogen) atoms. The predicted molar refractivity (Wildman–Crippen MR) is 220 cm³/mol. The van der Waals surface area contributed by atoms with Crippen LogP contribution in [0.3, 0.4) is 0 Å². The molecule has 5 heterocycles. The van der Waals surface area contributed by atoms with E-state index in [9.17, 15) is 14.4 Å². The number of hydrogen-bond donors (Lipinski definition) is 2. The van der Waals surface area contributed by atoms with Gasteiger partial charge in [-0.15, -0.1) is 0 Å². The summed E-state index contributed by atoms with van der Waals surface area (Å²) in [6.07, 6.45) is 8.52. The van der Waals surface area contributed by atoms with Crippen molar-refractivity contribution < 1.29 is 14.4 Å². The lowest BCUT2D eigenvalue weighted by atomic mass is 9.69. The number of anilines is 3. The molecule has 9 rings (SSSR count). The molecule has 2 aromatic heterocycles. The number of pyridine rings is 1. The van der Waals surface area contributed by atoms with E-state index in [4.69, 9.17) is 9.97 Å². The highest BCUT2D eigenvalue weighted by Gasteiger charge is 2.56. The molecular weight excluding hydrogens is 701 g/mol. The minimum Gasteiger partial charge on any atom is -0.355 e. The minimum absolute atomic E-state index is 0.0671. The first-order valence-electron chi connectivity index (χ1n) is 20.6. The van der Waals surface area contributed by atoms with Gasteiger partial charge in [-0.25, -0.2) is 9.97 Å². The quantitative estimate of drug-likeness (QED) is 0.203. The second-order valence-electron chi connectivity index (χ2n) is 19.0. The molecular formula is C45H56N8O3. The lowest BCUT2D eigenvalue weighted by Crippen LogP contribution is -2.61. The van der Waals surface area contributed by atoms with Crippen molar-refractivity contribution in [1.82, 2.24) is 29.7 Å². The molecule has 2 aromatic carbocycles. The topological polar surface area (TPSA) is 116 Å². The van der Waals surface area contributed by atoms with Gasteiger partial charge in [0, 0.05) is 80.8 Å². The predicted octanol–water partition coefficient (Wildman–Crippen LogP) is 7.36. The van der Waals surface area contributed by atoms with Gasteiger partial charge in [-0.3, -0.25) is 19.3 Å². The van der Waals surface area contributed by atoms with Crippen LogP contribution >= 0.6 is 0 Å². The molecule has 11 nitrogen and oxygen atoms in total. The van der Waals surface area contributed by atoms with Crippen LogP contribution < -0.4 is 15.5 Å². The Bertz CT molecular complexity index is 2240. The monoisotopic (exact) mass is 756 g/mol. The number of imidazole rings is 1. The SMILES string of the molecule is CNC(=O)c1cc(Nc2nc(-c3ccc4c(c3)N([C@H]3C[C@@H](N5CC(C)(C)CC(C)(C)C5)C3)C(=O)C43CCN(C(C)=O)CC3)cc3ncn(C4CC4)c23)ccc1C. The average Bonchev–Trinajstić information content (AvgIpc) is 3.84. The zero-order chi connectivity index (χ0) is 39.3. The summed E-state index contributed by atoms with van der Waals surface area (Å²) in [5, 5.41) is 6.33. The number of aromatic nitrogens is 3. The van der Waals surface area contributed by atoms with Gasteiger partial charge in [0.15, 0.2) is 5.82 Å². The molecule has 0 radical (unpaired) electrons.